The largest absolute Gasteiger partial charge is 0.283 e. The zero-order valence-corrected chi connectivity index (χ0v) is 17.5. The number of anilines is 1. The van der Waals surface area contributed by atoms with Gasteiger partial charge in [-0.3, -0.25) is 4.72 Å². The van der Waals surface area contributed by atoms with Crippen LogP contribution in [0.1, 0.15) is 5.56 Å². The van der Waals surface area contributed by atoms with Crippen LogP contribution < -0.4 is 4.72 Å². The van der Waals surface area contributed by atoms with E-state index < -0.39 is 33.2 Å². The Morgan fingerprint density at radius 1 is 0.871 bits per heavy atom. The molecule has 1 heterocycles. The number of benzene rings is 3. The van der Waals surface area contributed by atoms with E-state index in [9.17, 15) is 21.6 Å². The topological polar surface area (TPSA) is 59.1 Å². The smallest absolute Gasteiger partial charge is 0.237 e. The summed E-state index contributed by atoms with van der Waals surface area (Å²) in [7, 11) is -4.05. The minimum Gasteiger partial charge on any atom is -0.283 e. The van der Waals surface area contributed by atoms with E-state index in [2.05, 4.69) is 9.71 Å². The summed E-state index contributed by atoms with van der Waals surface area (Å²) in [6.45, 7) is 0. The number of nitrogens with zero attached hydrogens (tertiary/aromatic N) is 1. The van der Waals surface area contributed by atoms with Crippen molar-refractivity contribution in [3.05, 3.63) is 95.1 Å². The van der Waals surface area contributed by atoms with Gasteiger partial charge in [-0.2, -0.15) is 0 Å². The number of thiazole rings is 1. The molecule has 4 aromatic rings. The second-order valence-corrected chi connectivity index (χ2v) is 9.24. The van der Waals surface area contributed by atoms with Crippen LogP contribution in [0.4, 0.5) is 18.9 Å². The number of hydrogen-bond acceptors (Lipinski definition) is 4. The third-order valence-electron chi connectivity index (χ3n) is 4.43. The average molecular weight is 461 g/mol. The van der Waals surface area contributed by atoms with Crippen LogP contribution in [0.3, 0.4) is 0 Å². The predicted octanol–water partition coefficient (Wildman–Crippen LogP) is 5.84. The fourth-order valence-corrected chi connectivity index (χ4v) is 5.08. The SMILES string of the molecule is O=S(=O)(Cc1cc(F)ccc1F)Nc1ccccc1-c1csc(-c2ccccc2F)n1. The van der Waals surface area contributed by atoms with E-state index in [4.69, 9.17) is 0 Å². The van der Waals surface area contributed by atoms with Crippen LogP contribution >= 0.6 is 11.3 Å². The molecule has 0 fully saturated rings. The van der Waals surface area contributed by atoms with E-state index in [1.165, 1.54) is 23.5 Å². The van der Waals surface area contributed by atoms with Gasteiger partial charge in [0.25, 0.3) is 0 Å². The first-order valence-corrected chi connectivity index (χ1v) is 11.6. The monoisotopic (exact) mass is 460 g/mol. The number of aromatic nitrogens is 1. The van der Waals surface area contributed by atoms with Gasteiger partial charge in [-0.15, -0.1) is 11.3 Å². The van der Waals surface area contributed by atoms with Gasteiger partial charge in [-0.05, 0) is 36.4 Å². The molecular formula is C22H15F3N2O2S2. The summed E-state index contributed by atoms with van der Waals surface area (Å²) in [5, 5.41) is 2.15. The number of sulfonamides is 1. The number of nitrogens with one attached hydrogen (secondary N) is 1. The highest BCUT2D eigenvalue weighted by atomic mass is 32.2. The molecule has 0 aliphatic rings. The summed E-state index contributed by atoms with van der Waals surface area (Å²) >= 11 is 1.22. The van der Waals surface area contributed by atoms with Gasteiger partial charge in [0.2, 0.25) is 10.0 Å². The van der Waals surface area contributed by atoms with Crippen LogP contribution in [-0.2, 0) is 15.8 Å². The normalized spacial score (nSPS) is 11.5. The van der Waals surface area contributed by atoms with Crippen LogP contribution in [0.25, 0.3) is 21.8 Å². The molecule has 0 unspecified atom stereocenters. The molecule has 1 N–H and O–H groups in total. The van der Waals surface area contributed by atoms with Crippen LogP contribution in [-0.4, -0.2) is 13.4 Å². The molecule has 0 atom stereocenters. The van der Waals surface area contributed by atoms with Gasteiger partial charge in [0, 0.05) is 22.1 Å². The lowest BCUT2D eigenvalue weighted by Gasteiger charge is -2.12. The highest BCUT2D eigenvalue weighted by Gasteiger charge is 2.19. The highest BCUT2D eigenvalue weighted by Crippen LogP contribution is 2.34. The molecule has 0 bridgehead atoms. The molecule has 0 saturated heterocycles. The molecule has 0 spiro atoms. The van der Waals surface area contributed by atoms with Crippen LogP contribution in [0.2, 0.25) is 0 Å². The standard InChI is InChI=1S/C22H15F3N2O2S2/c23-15-9-10-18(24)14(11-15)13-31(28,29)27-20-8-4-2-6-17(20)21-12-30-22(26-21)16-5-1-3-7-19(16)25/h1-12,27H,13H2. The predicted molar refractivity (Wildman–Crippen MR) is 116 cm³/mol. The Labute approximate surface area is 181 Å². The molecule has 0 aliphatic heterocycles. The Kier molecular flexibility index (Phi) is 5.79. The van der Waals surface area contributed by atoms with Crippen molar-refractivity contribution in [3.8, 4) is 21.8 Å². The molecule has 9 heteroatoms. The summed E-state index contributed by atoms with van der Waals surface area (Å²) in [6.07, 6.45) is 0. The highest BCUT2D eigenvalue weighted by molar-refractivity contribution is 7.91. The first-order chi connectivity index (χ1) is 14.8. The number of halogens is 3. The third-order valence-corrected chi connectivity index (χ3v) is 6.53. The van der Waals surface area contributed by atoms with Crippen molar-refractivity contribution in [1.82, 2.24) is 4.98 Å². The van der Waals surface area contributed by atoms with Gasteiger partial charge in [0.15, 0.2) is 0 Å². The number of rotatable bonds is 6. The molecule has 0 amide bonds. The lowest BCUT2D eigenvalue weighted by molar-refractivity contribution is 0.581. The van der Waals surface area contributed by atoms with Crippen molar-refractivity contribution in [2.75, 3.05) is 4.72 Å². The fourth-order valence-electron chi connectivity index (χ4n) is 3.01. The summed E-state index contributed by atoms with van der Waals surface area (Å²) in [6, 6.07) is 15.4. The summed E-state index contributed by atoms with van der Waals surface area (Å²) in [5.74, 6) is -2.68. The Bertz CT molecular complexity index is 1350. The van der Waals surface area contributed by atoms with E-state index in [-0.39, 0.29) is 11.3 Å². The minimum atomic E-state index is -4.05. The van der Waals surface area contributed by atoms with E-state index in [1.54, 1.807) is 41.8 Å². The average Bonchev–Trinajstić information content (AvgIpc) is 3.21. The first kappa shape index (κ1) is 21.1. The Morgan fingerprint density at radius 3 is 2.35 bits per heavy atom. The van der Waals surface area contributed by atoms with E-state index in [0.717, 1.165) is 18.2 Å². The zero-order valence-electron chi connectivity index (χ0n) is 15.8. The van der Waals surface area contributed by atoms with Crippen molar-refractivity contribution in [1.29, 1.82) is 0 Å². The Balaban J connectivity index is 1.64. The molecule has 4 nitrogen and oxygen atoms in total. The van der Waals surface area contributed by atoms with E-state index in [1.807, 2.05) is 0 Å². The third kappa shape index (κ3) is 4.78. The summed E-state index contributed by atoms with van der Waals surface area (Å²) in [5.41, 5.74) is 1.23. The van der Waals surface area contributed by atoms with Crippen LogP contribution in [0.5, 0.6) is 0 Å². The number of para-hydroxylation sites is 1. The summed E-state index contributed by atoms with van der Waals surface area (Å²) in [4.78, 5) is 4.45. The summed E-state index contributed by atoms with van der Waals surface area (Å²) < 4.78 is 69.0. The minimum absolute atomic E-state index is 0.227. The molecule has 158 valence electrons. The zero-order chi connectivity index (χ0) is 22.0. The van der Waals surface area contributed by atoms with Crippen LogP contribution in [0.15, 0.2) is 72.1 Å². The molecule has 0 aliphatic carbocycles. The maximum absolute atomic E-state index is 14.1. The van der Waals surface area contributed by atoms with Crippen LogP contribution in [0, 0.1) is 17.5 Å². The molecule has 0 radical (unpaired) electrons. The van der Waals surface area contributed by atoms with Gasteiger partial charge in [-0.1, -0.05) is 30.3 Å². The van der Waals surface area contributed by atoms with Gasteiger partial charge in [0.05, 0.1) is 17.1 Å². The Hall–Kier alpha value is -3.17. The van der Waals surface area contributed by atoms with Crippen molar-refractivity contribution in [2.45, 2.75) is 5.75 Å². The maximum Gasteiger partial charge on any atom is 0.237 e. The van der Waals surface area contributed by atoms with E-state index in [0.29, 0.717) is 21.8 Å². The van der Waals surface area contributed by atoms with Crippen molar-refractivity contribution < 1.29 is 21.6 Å². The van der Waals surface area contributed by atoms with Gasteiger partial charge in [-0.25, -0.2) is 26.6 Å². The first-order valence-electron chi connectivity index (χ1n) is 9.07. The van der Waals surface area contributed by atoms with E-state index >= 15 is 0 Å². The fraction of sp³-hybridized carbons (Fsp3) is 0.0455. The second kappa shape index (κ2) is 8.52. The van der Waals surface area contributed by atoms with Gasteiger partial charge in [0.1, 0.15) is 22.5 Å². The number of hydrogen-bond donors (Lipinski definition) is 1. The molecular weight excluding hydrogens is 445 g/mol. The lowest BCUT2D eigenvalue weighted by atomic mass is 10.1. The second-order valence-electron chi connectivity index (χ2n) is 6.66. The van der Waals surface area contributed by atoms with Gasteiger partial charge < -0.3 is 0 Å². The van der Waals surface area contributed by atoms with Gasteiger partial charge >= 0.3 is 0 Å². The van der Waals surface area contributed by atoms with Crippen molar-refractivity contribution in [3.63, 3.8) is 0 Å². The van der Waals surface area contributed by atoms with Crippen molar-refractivity contribution >= 4 is 27.0 Å². The quantitative estimate of drug-likeness (QED) is 0.394. The Morgan fingerprint density at radius 2 is 1.58 bits per heavy atom. The molecule has 31 heavy (non-hydrogen) atoms. The molecule has 0 saturated carbocycles. The molecule has 3 aromatic carbocycles. The maximum atomic E-state index is 14.1. The van der Waals surface area contributed by atoms with Crippen molar-refractivity contribution in [2.24, 2.45) is 0 Å². The molecule has 1 aromatic heterocycles. The lowest BCUT2D eigenvalue weighted by Crippen LogP contribution is -2.16. The molecule has 4 rings (SSSR count).